The van der Waals surface area contributed by atoms with Gasteiger partial charge in [0.15, 0.2) is 5.65 Å². The molecule has 0 aliphatic carbocycles. The van der Waals surface area contributed by atoms with E-state index in [4.69, 9.17) is 14.5 Å². The van der Waals surface area contributed by atoms with Gasteiger partial charge in [-0.25, -0.2) is 9.97 Å². The topological polar surface area (TPSA) is 65.0 Å². The van der Waals surface area contributed by atoms with Crippen LogP contribution in [0.5, 0.6) is 5.75 Å². The number of aromatic amines is 1. The van der Waals surface area contributed by atoms with Crippen LogP contribution < -0.4 is 4.74 Å². The summed E-state index contributed by atoms with van der Waals surface area (Å²) in [7, 11) is 3.68. The lowest BCUT2D eigenvalue weighted by Gasteiger charge is -2.07. The van der Waals surface area contributed by atoms with Crippen molar-refractivity contribution in [3.8, 4) is 17.0 Å². The number of ether oxygens (including phenoxy) is 2. The van der Waals surface area contributed by atoms with E-state index in [0.29, 0.717) is 13.2 Å². The molecule has 4 aromatic rings. The van der Waals surface area contributed by atoms with Crippen LogP contribution in [-0.4, -0.2) is 40.1 Å². The maximum atomic E-state index is 5.65. The van der Waals surface area contributed by atoms with Crippen LogP contribution in [0.25, 0.3) is 33.2 Å². The third-order valence-corrected chi connectivity index (χ3v) is 4.65. The molecule has 6 heteroatoms. The lowest BCUT2D eigenvalue weighted by molar-refractivity contribution is 0.146. The van der Waals surface area contributed by atoms with Gasteiger partial charge in [0, 0.05) is 37.5 Å². The minimum Gasteiger partial charge on any atom is -0.491 e. The van der Waals surface area contributed by atoms with Gasteiger partial charge in [0.2, 0.25) is 0 Å². The normalized spacial score (nSPS) is 11.5. The molecule has 0 saturated carbocycles. The van der Waals surface area contributed by atoms with Crippen molar-refractivity contribution < 1.29 is 9.47 Å². The molecule has 0 atom stereocenters. The molecule has 134 valence electrons. The fourth-order valence-electron chi connectivity index (χ4n) is 3.39. The molecule has 1 aromatic carbocycles. The largest absolute Gasteiger partial charge is 0.491 e. The number of hydrogen-bond acceptors (Lipinski definition) is 4. The molecule has 0 radical (unpaired) electrons. The maximum Gasteiger partial charge on any atom is 0.162 e. The average Bonchev–Trinajstić information content (AvgIpc) is 3.22. The Labute approximate surface area is 151 Å². The molecule has 26 heavy (non-hydrogen) atoms. The predicted octanol–water partition coefficient (Wildman–Crippen LogP) is 3.70. The van der Waals surface area contributed by atoms with Gasteiger partial charge in [-0.15, -0.1) is 0 Å². The molecule has 0 saturated heterocycles. The number of hydrogen-bond donors (Lipinski definition) is 1. The first-order valence-corrected chi connectivity index (χ1v) is 8.76. The second-order valence-electron chi connectivity index (χ2n) is 6.25. The van der Waals surface area contributed by atoms with Gasteiger partial charge in [0.05, 0.1) is 23.2 Å². The van der Waals surface area contributed by atoms with Crippen molar-refractivity contribution in [3.63, 3.8) is 0 Å². The molecule has 4 rings (SSSR count). The first-order valence-electron chi connectivity index (χ1n) is 8.76. The van der Waals surface area contributed by atoms with Gasteiger partial charge >= 0.3 is 0 Å². The summed E-state index contributed by atoms with van der Waals surface area (Å²) < 4.78 is 12.7. The predicted molar refractivity (Wildman–Crippen MR) is 103 cm³/mol. The van der Waals surface area contributed by atoms with E-state index in [1.165, 1.54) is 5.56 Å². The Balaban J connectivity index is 1.79. The van der Waals surface area contributed by atoms with Crippen molar-refractivity contribution in [1.82, 2.24) is 19.7 Å². The van der Waals surface area contributed by atoms with Crippen LogP contribution in [0, 0.1) is 0 Å². The van der Waals surface area contributed by atoms with Crippen molar-refractivity contribution >= 4 is 21.9 Å². The highest BCUT2D eigenvalue weighted by Crippen LogP contribution is 2.34. The molecule has 3 aromatic heterocycles. The smallest absolute Gasteiger partial charge is 0.162 e. The molecule has 3 heterocycles. The highest BCUT2D eigenvalue weighted by atomic mass is 16.5. The standard InChI is InChI=1S/C20H22N4O2/c1-4-16-17-19-14(12-22-24(19)2)11-21-20(17)23-18(16)13-5-7-15(8-6-13)26-10-9-25-3/h5-8,11-12,22H,4,9-10H2,1-3H3. The first-order chi connectivity index (χ1) is 12.7. The van der Waals surface area contributed by atoms with Gasteiger partial charge in [0.1, 0.15) is 12.4 Å². The molecule has 1 N–H and O–H groups in total. The summed E-state index contributed by atoms with van der Waals surface area (Å²) in [5, 5.41) is 5.44. The number of pyridine rings is 1. The minimum absolute atomic E-state index is 0.542. The zero-order chi connectivity index (χ0) is 18.1. The van der Waals surface area contributed by atoms with Crippen LogP contribution in [0.3, 0.4) is 0 Å². The number of fused-ring (bicyclic) bond motifs is 3. The third kappa shape index (κ3) is 2.72. The van der Waals surface area contributed by atoms with Crippen LogP contribution in [0.2, 0.25) is 0 Å². The zero-order valence-corrected chi connectivity index (χ0v) is 15.2. The molecule has 0 amide bonds. The number of nitrogens with zero attached hydrogens (tertiary/aromatic N) is 3. The van der Waals surface area contributed by atoms with Crippen LogP contribution in [0.1, 0.15) is 12.5 Å². The molecule has 0 fully saturated rings. The molecule has 0 aliphatic heterocycles. The van der Waals surface area contributed by atoms with E-state index in [-0.39, 0.29) is 0 Å². The second kappa shape index (κ2) is 6.80. The van der Waals surface area contributed by atoms with Crippen LogP contribution >= 0.6 is 0 Å². The Kier molecular flexibility index (Phi) is 4.34. The van der Waals surface area contributed by atoms with Crippen molar-refractivity contribution in [3.05, 3.63) is 42.2 Å². The summed E-state index contributed by atoms with van der Waals surface area (Å²) in [5.41, 5.74) is 5.23. The van der Waals surface area contributed by atoms with E-state index < -0.39 is 0 Å². The van der Waals surface area contributed by atoms with Crippen molar-refractivity contribution in [1.29, 1.82) is 0 Å². The molecular weight excluding hydrogens is 328 g/mol. The third-order valence-electron chi connectivity index (χ3n) is 4.65. The summed E-state index contributed by atoms with van der Waals surface area (Å²) in [5.74, 6) is 0.831. The second-order valence-corrected chi connectivity index (χ2v) is 6.25. The average molecular weight is 350 g/mol. The Morgan fingerprint density at radius 1 is 1.15 bits per heavy atom. The van der Waals surface area contributed by atoms with E-state index in [0.717, 1.165) is 45.4 Å². The summed E-state index contributed by atoms with van der Waals surface area (Å²) in [6.45, 7) is 3.28. The minimum atomic E-state index is 0.542. The molecule has 0 unspecified atom stereocenters. The lowest BCUT2D eigenvalue weighted by atomic mass is 10.0. The van der Waals surface area contributed by atoms with Gasteiger partial charge in [0.25, 0.3) is 0 Å². The quantitative estimate of drug-likeness (QED) is 0.539. The monoisotopic (exact) mass is 350 g/mol. The highest BCUT2D eigenvalue weighted by molar-refractivity contribution is 6.06. The summed E-state index contributed by atoms with van der Waals surface area (Å²) in [6, 6.07) is 8.06. The van der Waals surface area contributed by atoms with Crippen LogP contribution in [0.4, 0.5) is 0 Å². The van der Waals surface area contributed by atoms with Gasteiger partial charge in [-0.2, -0.15) is 0 Å². The Morgan fingerprint density at radius 3 is 2.69 bits per heavy atom. The number of benzene rings is 1. The fraction of sp³-hybridized carbons (Fsp3) is 0.300. The molecule has 0 spiro atoms. The lowest BCUT2D eigenvalue weighted by Crippen LogP contribution is -2.03. The van der Waals surface area contributed by atoms with Crippen LogP contribution in [-0.2, 0) is 18.2 Å². The van der Waals surface area contributed by atoms with E-state index in [9.17, 15) is 0 Å². The zero-order valence-electron chi connectivity index (χ0n) is 15.2. The summed E-state index contributed by atoms with van der Waals surface area (Å²) >= 11 is 0. The van der Waals surface area contributed by atoms with E-state index in [1.807, 2.05) is 36.3 Å². The molecule has 6 nitrogen and oxygen atoms in total. The van der Waals surface area contributed by atoms with Gasteiger partial charge in [-0.3, -0.25) is 4.68 Å². The van der Waals surface area contributed by atoms with Gasteiger partial charge in [-0.1, -0.05) is 6.92 Å². The van der Waals surface area contributed by atoms with Crippen molar-refractivity contribution in [2.75, 3.05) is 20.3 Å². The van der Waals surface area contributed by atoms with Crippen molar-refractivity contribution in [2.24, 2.45) is 7.05 Å². The number of aryl methyl sites for hydroxylation is 2. The van der Waals surface area contributed by atoms with E-state index >= 15 is 0 Å². The molecular formula is C20H22N4O2. The molecule has 0 aliphatic rings. The van der Waals surface area contributed by atoms with Gasteiger partial charge < -0.3 is 14.6 Å². The van der Waals surface area contributed by atoms with E-state index in [2.05, 4.69) is 29.1 Å². The van der Waals surface area contributed by atoms with E-state index in [1.54, 1.807) is 7.11 Å². The maximum absolute atomic E-state index is 5.65. The number of H-pyrrole nitrogens is 1. The Hall–Kier alpha value is -2.86. The fourth-order valence-corrected chi connectivity index (χ4v) is 3.39. The highest BCUT2D eigenvalue weighted by Gasteiger charge is 2.18. The first kappa shape index (κ1) is 16.6. The van der Waals surface area contributed by atoms with Crippen molar-refractivity contribution in [2.45, 2.75) is 13.3 Å². The number of nitrogens with one attached hydrogen (secondary N) is 1. The number of aromatic nitrogens is 4. The molecule has 0 bridgehead atoms. The van der Waals surface area contributed by atoms with Crippen LogP contribution in [0.15, 0.2) is 36.7 Å². The SMILES string of the molecule is CCc1c(-c2ccc(OCCOC)cc2)nc2ncc3c[nH]n(C)c3c12. The number of rotatable bonds is 6. The summed E-state index contributed by atoms with van der Waals surface area (Å²) in [6.07, 6.45) is 4.74. The Bertz CT molecular complexity index is 1050. The number of methoxy groups -OCH3 is 1. The summed E-state index contributed by atoms with van der Waals surface area (Å²) in [4.78, 5) is 9.39. The van der Waals surface area contributed by atoms with Gasteiger partial charge in [-0.05, 0) is 36.2 Å². The Morgan fingerprint density at radius 2 is 1.96 bits per heavy atom.